The summed E-state index contributed by atoms with van der Waals surface area (Å²) < 4.78 is 5.10. The second-order valence-electron chi connectivity index (χ2n) is 8.43. The van der Waals surface area contributed by atoms with E-state index < -0.39 is 29.9 Å². The number of carbonyl (C=O) groups excluding carboxylic acids is 2. The van der Waals surface area contributed by atoms with Gasteiger partial charge < -0.3 is 25.9 Å². The van der Waals surface area contributed by atoms with Gasteiger partial charge in [-0.2, -0.15) is 0 Å². The van der Waals surface area contributed by atoms with E-state index in [0.29, 0.717) is 18.7 Å². The van der Waals surface area contributed by atoms with Crippen LogP contribution in [0, 0.1) is 0 Å². The second-order valence-corrected chi connectivity index (χ2v) is 8.43. The smallest absolute Gasteiger partial charge is 0.408 e. The van der Waals surface area contributed by atoms with Crippen LogP contribution in [0.3, 0.4) is 0 Å². The van der Waals surface area contributed by atoms with Crippen molar-refractivity contribution in [2.45, 2.75) is 25.2 Å². The summed E-state index contributed by atoms with van der Waals surface area (Å²) in [4.78, 5) is 45.4. The molecule has 190 valence electrons. The number of carbonyl (C=O) groups is 3. The number of aromatic nitrogens is 2. The number of imidazole rings is 1. The first-order chi connectivity index (χ1) is 17.9. The summed E-state index contributed by atoms with van der Waals surface area (Å²) in [5.74, 6) is -1.62. The molecule has 6 N–H and O–H groups in total. The number of benzene rings is 3. The lowest BCUT2D eigenvalue weighted by atomic mass is 9.89. The van der Waals surface area contributed by atoms with E-state index in [2.05, 4.69) is 20.6 Å². The van der Waals surface area contributed by atoms with Crippen LogP contribution >= 0.6 is 0 Å². The Balaban J connectivity index is 1.37. The minimum Gasteiger partial charge on any atom is -0.479 e. The average Bonchev–Trinajstić information content (AvgIpc) is 3.34. The van der Waals surface area contributed by atoms with Crippen molar-refractivity contribution in [2.75, 3.05) is 6.54 Å². The predicted molar refractivity (Wildman–Crippen MR) is 137 cm³/mol. The van der Waals surface area contributed by atoms with Gasteiger partial charge in [-0.15, -0.1) is 0 Å². The molecule has 1 aromatic heterocycles. The lowest BCUT2D eigenvalue weighted by Crippen LogP contribution is -2.64. The van der Waals surface area contributed by atoms with Gasteiger partial charge in [-0.1, -0.05) is 66.7 Å². The molecule has 0 radical (unpaired) electrons. The molecule has 1 heterocycles. The lowest BCUT2D eigenvalue weighted by Gasteiger charge is -2.27. The number of nitrogens with two attached hydrogens (primary N) is 1. The van der Waals surface area contributed by atoms with Crippen LogP contribution in [0.4, 0.5) is 4.79 Å². The maximum Gasteiger partial charge on any atom is 0.408 e. The third-order valence-corrected chi connectivity index (χ3v) is 5.86. The van der Waals surface area contributed by atoms with Gasteiger partial charge in [0.1, 0.15) is 12.4 Å². The summed E-state index contributed by atoms with van der Waals surface area (Å²) in [5, 5.41) is 15.3. The number of rotatable bonds is 11. The van der Waals surface area contributed by atoms with Gasteiger partial charge in [0.25, 0.3) is 0 Å². The standard InChI is InChI=1S/C27H27N5O5/c28-17-27(25(34)35,32-26(36)37-16-19-6-2-1-3-7-19)24(33)20-12-10-18(11-13-20)14-29-15-23-30-21-8-4-5-9-22(21)31-23/h1-13,29H,14-17,28H2,(H,30,31)(H,32,36)(H,34,35). The molecule has 3 aromatic carbocycles. The van der Waals surface area contributed by atoms with E-state index in [1.807, 2.05) is 30.3 Å². The summed E-state index contributed by atoms with van der Waals surface area (Å²) in [7, 11) is 0. The fourth-order valence-electron chi connectivity index (χ4n) is 3.81. The molecule has 0 aliphatic carbocycles. The fraction of sp³-hybridized carbons (Fsp3) is 0.185. The fourth-order valence-corrected chi connectivity index (χ4v) is 3.81. The molecule has 0 saturated heterocycles. The van der Waals surface area contributed by atoms with Crippen molar-refractivity contribution in [1.29, 1.82) is 0 Å². The van der Waals surface area contributed by atoms with E-state index in [1.165, 1.54) is 12.1 Å². The summed E-state index contributed by atoms with van der Waals surface area (Å²) in [5.41, 5.74) is 6.85. The molecule has 0 aliphatic heterocycles. The topological polar surface area (TPSA) is 159 Å². The van der Waals surface area contributed by atoms with Gasteiger partial charge in [0.05, 0.1) is 17.6 Å². The molecule has 10 heteroatoms. The van der Waals surface area contributed by atoms with E-state index in [1.54, 1.807) is 36.4 Å². The van der Waals surface area contributed by atoms with Crippen molar-refractivity contribution in [3.8, 4) is 0 Å². The van der Waals surface area contributed by atoms with Gasteiger partial charge in [0.2, 0.25) is 11.3 Å². The molecule has 0 bridgehead atoms. The van der Waals surface area contributed by atoms with Crippen molar-refractivity contribution in [3.63, 3.8) is 0 Å². The molecule has 1 amide bonds. The summed E-state index contributed by atoms with van der Waals surface area (Å²) in [6, 6.07) is 23.0. The monoisotopic (exact) mass is 501 g/mol. The first-order valence-corrected chi connectivity index (χ1v) is 11.6. The van der Waals surface area contributed by atoms with Crippen molar-refractivity contribution < 1.29 is 24.2 Å². The maximum atomic E-state index is 13.2. The van der Waals surface area contributed by atoms with Gasteiger partial charge in [-0.3, -0.25) is 10.1 Å². The molecule has 0 spiro atoms. The number of alkyl carbamates (subject to hydrolysis) is 1. The van der Waals surface area contributed by atoms with Gasteiger partial charge in [-0.25, -0.2) is 14.6 Å². The first kappa shape index (κ1) is 25.5. The van der Waals surface area contributed by atoms with Crippen LogP contribution in [0.1, 0.15) is 27.3 Å². The van der Waals surface area contributed by atoms with Crippen LogP contribution in [0.25, 0.3) is 11.0 Å². The highest BCUT2D eigenvalue weighted by molar-refractivity contribution is 6.17. The first-order valence-electron chi connectivity index (χ1n) is 11.6. The number of nitrogens with one attached hydrogen (secondary N) is 3. The Hall–Kier alpha value is -4.54. The van der Waals surface area contributed by atoms with Crippen LogP contribution in [-0.4, -0.2) is 45.0 Å². The minimum absolute atomic E-state index is 0.0864. The Morgan fingerprint density at radius 1 is 0.919 bits per heavy atom. The third kappa shape index (κ3) is 6.00. The summed E-state index contributed by atoms with van der Waals surface area (Å²) >= 11 is 0. The molecular weight excluding hydrogens is 474 g/mol. The molecule has 0 aliphatic rings. The maximum absolute atomic E-state index is 13.2. The highest BCUT2D eigenvalue weighted by Gasteiger charge is 2.47. The predicted octanol–water partition coefficient (Wildman–Crippen LogP) is 2.74. The number of hydrogen-bond acceptors (Lipinski definition) is 7. The van der Waals surface area contributed by atoms with Crippen molar-refractivity contribution in [3.05, 3.63) is 101 Å². The zero-order valence-corrected chi connectivity index (χ0v) is 19.9. The SMILES string of the molecule is NCC(NC(=O)OCc1ccccc1)(C(=O)O)C(=O)c1ccc(CNCc2nc3ccccc3[nH]2)cc1. The molecule has 1 atom stereocenters. The van der Waals surface area contributed by atoms with E-state index in [9.17, 15) is 19.5 Å². The van der Waals surface area contributed by atoms with Crippen LogP contribution in [0.2, 0.25) is 0 Å². The van der Waals surface area contributed by atoms with Crippen LogP contribution in [0.5, 0.6) is 0 Å². The highest BCUT2D eigenvalue weighted by Crippen LogP contribution is 2.16. The average molecular weight is 502 g/mol. The van der Waals surface area contributed by atoms with Crippen LogP contribution in [-0.2, 0) is 29.2 Å². The number of aliphatic carboxylic acids is 1. The number of fused-ring (bicyclic) bond motifs is 1. The summed E-state index contributed by atoms with van der Waals surface area (Å²) in [6.45, 7) is 0.273. The van der Waals surface area contributed by atoms with Crippen molar-refractivity contribution in [2.24, 2.45) is 5.73 Å². The number of nitrogens with zero attached hydrogens (tertiary/aromatic N) is 1. The lowest BCUT2D eigenvalue weighted by molar-refractivity contribution is -0.142. The number of carboxylic acids is 1. The van der Waals surface area contributed by atoms with Crippen LogP contribution < -0.4 is 16.4 Å². The zero-order chi connectivity index (χ0) is 26.3. The number of para-hydroxylation sites is 2. The Bertz CT molecular complexity index is 1350. The van der Waals surface area contributed by atoms with Gasteiger partial charge >= 0.3 is 12.1 Å². The molecule has 37 heavy (non-hydrogen) atoms. The third-order valence-electron chi connectivity index (χ3n) is 5.86. The van der Waals surface area contributed by atoms with E-state index in [-0.39, 0.29) is 12.2 Å². The number of Topliss-reactive ketones (excluding diaryl/α,β-unsaturated/α-hetero) is 1. The Labute approximate surface area is 212 Å². The number of ether oxygens (including phenoxy) is 1. The van der Waals surface area contributed by atoms with Gasteiger partial charge in [0.15, 0.2) is 0 Å². The number of hydrogen-bond donors (Lipinski definition) is 5. The zero-order valence-electron chi connectivity index (χ0n) is 19.9. The van der Waals surface area contributed by atoms with Crippen molar-refractivity contribution >= 4 is 28.9 Å². The Morgan fingerprint density at radius 3 is 2.30 bits per heavy atom. The Morgan fingerprint density at radius 2 is 1.62 bits per heavy atom. The molecule has 0 fully saturated rings. The molecule has 10 nitrogen and oxygen atoms in total. The molecule has 0 saturated carbocycles. The number of carboxylic acid groups (broad SMARTS) is 1. The molecule has 1 unspecified atom stereocenters. The second kappa shape index (κ2) is 11.5. The number of aromatic amines is 1. The van der Waals surface area contributed by atoms with Gasteiger partial charge in [-0.05, 0) is 23.3 Å². The number of H-pyrrole nitrogens is 1. The van der Waals surface area contributed by atoms with E-state index in [4.69, 9.17) is 10.5 Å². The molecule has 4 aromatic rings. The highest BCUT2D eigenvalue weighted by atomic mass is 16.5. The molecular formula is C27H27N5O5. The van der Waals surface area contributed by atoms with Crippen LogP contribution in [0.15, 0.2) is 78.9 Å². The normalized spacial score (nSPS) is 12.6. The quantitative estimate of drug-likeness (QED) is 0.155. The minimum atomic E-state index is -2.37. The van der Waals surface area contributed by atoms with Crippen molar-refractivity contribution in [1.82, 2.24) is 20.6 Å². The number of ketones is 1. The molecule has 4 rings (SSSR count). The van der Waals surface area contributed by atoms with E-state index in [0.717, 1.165) is 22.4 Å². The summed E-state index contributed by atoms with van der Waals surface area (Å²) in [6.07, 6.45) is -1.06. The van der Waals surface area contributed by atoms with E-state index >= 15 is 0 Å². The Kier molecular flexibility index (Phi) is 7.92. The van der Waals surface area contributed by atoms with Gasteiger partial charge in [0, 0.05) is 18.7 Å². The number of amides is 1. The largest absolute Gasteiger partial charge is 0.479 e.